The van der Waals surface area contributed by atoms with E-state index >= 15 is 0 Å². The maximum Gasteiger partial charge on any atom is 0.137 e. The molecule has 17 heavy (non-hydrogen) atoms. The number of likely N-dealkylation sites (N-methyl/N-ethyl adjacent to an activating group) is 1. The van der Waals surface area contributed by atoms with E-state index in [1.54, 1.807) is 19.2 Å². The second kappa shape index (κ2) is 7.63. The van der Waals surface area contributed by atoms with Crippen LogP contribution in [-0.2, 0) is 4.74 Å². The number of rotatable bonds is 7. The maximum atomic E-state index is 13.0. The summed E-state index contributed by atoms with van der Waals surface area (Å²) in [5, 5.41) is 3.19. The van der Waals surface area contributed by atoms with E-state index < -0.39 is 0 Å². The lowest BCUT2D eigenvalue weighted by Crippen LogP contribution is -2.34. The highest BCUT2D eigenvalue weighted by atomic mass is 79.9. The molecular formula is C12H17BrFNO2. The van der Waals surface area contributed by atoms with Gasteiger partial charge in [-0.05, 0) is 40.7 Å². The number of halogens is 2. The average molecular weight is 306 g/mol. The van der Waals surface area contributed by atoms with Crippen molar-refractivity contribution in [2.24, 2.45) is 0 Å². The van der Waals surface area contributed by atoms with E-state index in [0.717, 1.165) is 6.54 Å². The van der Waals surface area contributed by atoms with Gasteiger partial charge in [0.1, 0.15) is 17.7 Å². The lowest BCUT2D eigenvalue weighted by atomic mass is 10.3. The van der Waals surface area contributed by atoms with Crippen molar-refractivity contribution in [3.8, 4) is 5.75 Å². The Morgan fingerprint density at radius 3 is 2.82 bits per heavy atom. The van der Waals surface area contributed by atoms with E-state index in [0.29, 0.717) is 23.4 Å². The van der Waals surface area contributed by atoms with E-state index in [4.69, 9.17) is 9.47 Å². The second-order valence-corrected chi connectivity index (χ2v) is 4.43. The van der Waals surface area contributed by atoms with Gasteiger partial charge in [0, 0.05) is 13.7 Å². The fourth-order valence-electron chi connectivity index (χ4n) is 1.37. The summed E-state index contributed by atoms with van der Waals surface area (Å²) >= 11 is 3.13. The molecule has 0 aliphatic rings. The van der Waals surface area contributed by atoms with Gasteiger partial charge < -0.3 is 14.8 Å². The molecule has 0 fully saturated rings. The van der Waals surface area contributed by atoms with Crippen LogP contribution in [-0.4, -0.2) is 32.9 Å². The number of benzene rings is 1. The van der Waals surface area contributed by atoms with Gasteiger partial charge in [0.25, 0.3) is 0 Å². The first-order valence-corrected chi connectivity index (χ1v) is 6.28. The third kappa shape index (κ3) is 5.02. The standard InChI is InChI=1S/C12H17BrFNO2/c1-3-15-7-10(8-16-2)17-9-4-5-12(14)11(13)6-9/h4-6,10,15H,3,7-8H2,1-2H3. The van der Waals surface area contributed by atoms with Crippen LogP contribution in [0.25, 0.3) is 0 Å². The van der Waals surface area contributed by atoms with Crippen LogP contribution < -0.4 is 10.1 Å². The second-order valence-electron chi connectivity index (χ2n) is 3.58. The van der Waals surface area contributed by atoms with Crippen LogP contribution in [0.1, 0.15) is 6.92 Å². The predicted molar refractivity (Wildman–Crippen MR) is 68.9 cm³/mol. The van der Waals surface area contributed by atoms with Crippen molar-refractivity contribution in [2.75, 3.05) is 26.8 Å². The fraction of sp³-hybridized carbons (Fsp3) is 0.500. The van der Waals surface area contributed by atoms with Crippen LogP contribution in [0.15, 0.2) is 22.7 Å². The molecule has 0 spiro atoms. The predicted octanol–water partition coefficient (Wildman–Crippen LogP) is 2.59. The summed E-state index contributed by atoms with van der Waals surface area (Å²) in [6.45, 7) is 4.08. The van der Waals surface area contributed by atoms with Gasteiger partial charge in [-0.25, -0.2) is 4.39 Å². The summed E-state index contributed by atoms with van der Waals surface area (Å²) < 4.78 is 24.2. The maximum absolute atomic E-state index is 13.0. The Bertz CT molecular complexity index is 349. The summed E-state index contributed by atoms with van der Waals surface area (Å²) in [4.78, 5) is 0. The molecule has 1 aromatic carbocycles. The summed E-state index contributed by atoms with van der Waals surface area (Å²) in [6, 6.07) is 4.59. The van der Waals surface area contributed by atoms with E-state index in [1.807, 2.05) is 6.92 Å². The molecule has 96 valence electrons. The zero-order valence-electron chi connectivity index (χ0n) is 10.0. The molecule has 0 saturated carbocycles. The normalized spacial score (nSPS) is 12.5. The number of hydrogen-bond donors (Lipinski definition) is 1. The van der Waals surface area contributed by atoms with Crippen molar-refractivity contribution in [2.45, 2.75) is 13.0 Å². The molecule has 1 rings (SSSR count). The van der Waals surface area contributed by atoms with Crippen LogP contribution in [0.2, 0.25) is 0 Å². The molecule has 1 aromatic rings. The molecule has 5 heteroatoms. The van der Waals surface area contributed by atoms with Crippen LogP contribution in [0.5, 0.6) is 5.75 Å². The Morgan fingerprint density at radius 1 is 1.47 bits per heavy atom. The van der Waals surface area contributed by atoms with Gasteiger partial charge in [-0.15, -0.1) is 0 Å². The van der Waals surface area contributed by atoms with E-state index in [-0.39, 0.29) is 11.9 Å². The lowest BCUT2D eigenvalue weighted by Gasteiger charge is -2.18. The molecule has 0 aliphatic heterocycles. The Kier molecular flexibility index (Phi) is 6.47. The molecule has 0 saturated heterocycles. The van der Waals surface area contributed by atoms with Crippen molar-refractivity contribution >= 4 is 15.9 Å². The summed E-state index contributed by atoms with van der Waals surface area (Å²) in [6.07, 6.45) is -0.0858. The summed E-state index contributed by atoms with van der Waals surface area (Å²) in [7, 11) is 1.63. The van der Waals surface area contributed by atoms with Crippen LogP contribution in [0.3, 0.4) is 0 Å². The van der Waals surface area contributed by atoms with Gasteiger partial charge in [-0.2, -0.15) is 0 Å². The van der Waals surface area contributed by atoms with Crippen molar-refractivity contribution in [1.82, 2.24) is 5.32 Å². The van der Waals surface area contributed by atoms with Gasteiger partial charge in [-0.3, -0.25) is 0 Å². The number of ether oxygens (including phenoxy) is 2. The largest absolute Gasteiger partial charge is 0.487 e. The topological polar surface area (TPSA) is 30.5 Å². The molecule has 0 aliphatic carbocycles. The number of methoxy groups -OCH3 is 1. The van der Waals surface area contributed by atoms with Gasteiger partial charge >= 0.3 is 0 Å². The van der Waals surface area contributed by atoms with Crippen LogP contribution in [0.4, 0.5) is 4.39 Å². The lowest BCUT2D eigenvalue weighted by molar-refractivity contribution is 0.0809. The number of nitrogens with one attached hydrogen (secondary N) is 1. The molecule has 0 amide bonds. The van der Waals surface area contributed by atoms with E-state index in [1.165, 1.54) is 6.07 Å². The molecule has 1 unspecified atom stereocenters. The van der Waals surface area contributed by atoms with Gasteiger partial charge in [0.05, 0.1) is 11.1 Å². The zero-order valence-corrected chi connectivity index (χ0v) is 11.6. The Morgan fingerprint density at radius 2 is 2.24 bits per heavy atom. The van der Waals surface area contributed by atoms with Gasteiger partial charge in [-0.1, -0.05) is 6.92 Å². The summed E-state index contributed by atoms with van der Waals surface area (Å²) in [5.41, 5.74) is 0. The van der Waals surface area contributed by atoms with Crippen molar-refractivity contribution < 1.29 is 13.9 Å². The molecule has 0 bridgehead atoms. The van der Waals surface area contributed by atoms with Crippen LogP contribution >= 0.6 is 15.9 Å². The third-order valence-electron chi connectivity index (χ3n) is 2.17. The zero-order chi connectivity index (χ0) is 12.7. The fourth-order valence-corrected chi connectivity index (χ4v) is 1.73. The van der Waals surface area contributed by atoms with Crippen molar-refractivity contribution in [3.63, 3.8) is 0 Å². The Balaban J connectivity index is 2.61. The first-order chi connectivity index (χ1) is 8.17. The molecule has 1 N–H and O–H groups in total. The molecule has 0 radical (unpaired) electrons. The molecular weight excluding hydrogens is 289 g/mol. The highest BCUT2D eigenvalue weighted by molar-refractivity contribution is 9.10. The quantitative estimate of drug-likeness (QED) is 0.840. The molecule has 3 nitrogen and oxygen atoms in total. The minimum atomic E-state index is -0.299. The molecule has 0 heterocycles. The minimum absolute atomic E-state index is 0.0858. The first-order valence-electron chi connectivity index (χ1n) is 5.48. The van der Waals surface area contributed by atoms with Crippen molar-refractivity contribution in [1.29, 1.82) is 0 Å². The van der Waals surface area contributed by atoms with Crippen molar-refractivity contribution in [3.05, 3.63) is 28.5 Å². The van der Waals surface area contributed by atoms with Crippen LogP contribution in [0, 0.1) is 5.82 Å². The monoisotopic (exact) mass is 305 g/mol. The highest BCUT2D eigenvalue weighted by Gasteiger charge is 2.10. The first kappa shape index (κ1) is 14.4. The Labute approximate surface area is 109 Å². The third-order valence-corrected chi connectivity index (χ3v) is 2.78. The average Bonchev–Trinajstić information content (AvgIpc) is 2.31. The molecule has 1 atom stereocenters. The van der Waals surface area contributed by atoms with Gasteiger partial charge in [0.2, 0.25) is 0 Å². The van der Waals surface area contributed by atoms with E-state index in [2.05, 4.69) is 21.2 Å². The van der Waals surface area contributed by atoms with Gasteiger partial charge in [0.15, 0.2) is 0 Å². The Hall–Kier alpha value is -0.650. The SMILES string of the molecule is CCNCC(COC)Oc1ccc(F)c(Br)c1. The minimum Gasteiger partial charge on any atom is -0.487 e. The molecule has 0 aromatic heterocycles. The highest BCUT2D eigenvalue weighted by Crippen LogP contribution is 2.22. The smallest absolute Gasteiger partial charge is 0.137 e. The summed E-state index contributed by atoms with van der Waals surface area (Å²) in [5.74, 6) is 0.325. The van der Waals surface area contributed by atoms with E-state index in [9.17, 15) is 4.39 Å². The number of hydrogen-bond acceptors (Lipinski definition) is 3.